The summed E-state index contributed by atoms with van der Waals surface area (Å²) >= 11 is 0. The van der Waals surface area contributed by atoms with Crippen molar-refractivity contribution in [3.05, 3.63) is 0 Å². The molecule has 1 unspecified atom stereocenters. The second-order valence-electron chi connectivity index (χ2n) is 23.2. The third-order valence-electron chi connectivity index (χ3n) is 14.7. The average Bonchev–Trinajstić information content (AvgIpc) is 3.33. The van der Waals surface area contributed by atoms with Crippen molar-refractivity contribution in [2.45, 2.75) is 341 Å². The predicted octanol–water partition coefficient (Wildman–Crippen LogP) is 20.3. The summed E-state index contributed by atoms with van der Waals surface area (Å²) in [5, 5.41) is 0. The van der Waals surface area contributed by atoms with Crippen LogP contribution >= 0.6 is 7.82 Å². The van der Waals surface area contributed by atoms with Gasteiger partial charge in [-0.1, -0.05) is 316 Å². The first-order valence-corrected chi connectivity index (χ1v) is 33.3. The lowest BCUT2D eigenvalue weighted by Gasteiger charge is -2.24. The van der Waals surface area contributed by atoms with Crippen molar-refractivity contribution in [2.24, 2.45) is 0 Å². The third-order valence-corrected chi connectivity index (χ3v) is 15.7. The van der Waals surface area contributed by atoms with E-state index < -0.39 is 13.9 Å². The molecular formula is C62H127NO7P+. The molecule has 0 amide bonds. The van der Waals surface area contributed by atoms with Crippen molar-refractivity contribution >= 4 is 13.8 Å². The van der Waals surface area contributed by atoms with E-state index in [2.05, 4.69) is 13.8 Å². The fraction of sp³-hybridized carbons (Fsp3) is 0.984. The average molecular weight is 1030 g/mol. The van der Waals surface area contributed by atoms with Gasteiger partial charge in [0.05, 0.1) is 34.4 Å². The molecule has 0 saturated heterocycles. The molecule has 426 valence electrons. The molecule has 0 spiro atoms. The molecule has 0 aliphatic carbocycles. The molecule has 0 heterocycles. The number of quaternary nitrogens is 1. The Kier molecular flexibility index (Phi) is 55.3. The van der Waals surface area contributed by atoms with Gasteiger partial charge in [-0.2, -0.15) is 0 Å². The number of hydrogen-bond acceptors (Lipinski definition) is 6. The summed E-state index contributed by atoms with van der Waals surface area (Å²) in [5.74, 6) is -0.301. The highest BCUT2D eigenvalue weighted by atomic mass is 31.2. The number of nitrogens with zero attached hydrogens (tertiary/aromatic N) is 1. The minimum Gasteiger partial charge on any atom is -0.457 e. The van der Waals surface area contributed by atoms with Crippen molar-refractivity contribution in [2.75, 3.05) is 54.1 Å². The van der Waals surface area contributed by atoms with E-state index in [1.165, 1.54) is 283 Å². The van der Waals surface area contributed by atoms with E-state index in [4.69, 9.17) is 18.5 Å². The molecule has 0 radical (unpaired) electrons. The van der Waals surface area contributed by atoms with Gasteiger partial charge in [0.1, 0.15) is 19.3 Å². The summed E-state index contributed by atoms with van der Waals surface area (Å²) in [4.78, 5) is 23.1. The number of esters is 1. The monoisotopic (exact) mass is 1030 g/mol. The maximum absolute atomic E-state index is 12.8. The summed E-state index contributed by atoms with van der Waals surface area (Å²) < 4.78 is 35.3. The second kappa shape index (κ2) is 55.7. The lowest BCUT2D eigenvalue weighted by Crippen LogP contribution is -2.37. The highest BCUT2D eigenvalue weighted by Crippen LogP contribution is 2.43. The first kappa shape index (κ1) is 70.5. The lowest BCUT2D eigenvalue weighted by atomic mass is 10.0. The van der Waals surface area contributed by atoms with Crippen LogP contribution in [0.3, 0.4) is 0 Å². The van der Waals surface area contributed by atoms with Crippen LogP contribution in [-0.2, 0) is 27.9 Å². The van der Waals surface area contributed by atoms with Crippen LogP contribution in [0.1, 0.15) is 335 Å². The lowest BCUT2D eigenvalue weighted by molar-refractivity contribution is -0.870. The molecule has 0 aliphatic rings. The molecule has 0 saturated carbocycles. The summed E-state index contributed by atoms with van der Waals surface area (Å²) in [7, 11) is 1.70. The van der Waals surface area contributed by atoms with Crippen LogP contribution in [-0.4, -0.2) is 75.6 Å². The van der Waals surface area contributed by atoms with E-state index in [0.717, 1.165) is 32.1 Å². The minimum atomic E-state index is -4.28. The van der Waals surface area contributed by atoms with Gasteiger partial charge < -0.3 is 18.9 Å². The van der Waals surface area contributed by atoms with Crippen LogP contribution in [0, 0.1) is 0 Å². The van der Waals surface area contributed by atoms with Crippen LogP contribution in [0.15, 0.2) is 0 Å². The van der Waals surface area contributed by atoms with Crippen LogP contribution in [0.5, 0.6) is 0 Å². The molecular weight excluding hydrogens is 902 g/mol. The Hall–Kier alpha value is -0.500. The van der Waals surface area contributed by atoms with Crippen LogP contribution in [0.2, 0.25) is 0 Å². The number of unbranched alkanes of at least 4 members (excludes halogenated alkanes) is 47. The Morgan fingerprint density at radius 3 is 0.930 bits per heavy atom. The zero-order valence-electron chi connectivity index (χ0n) is 48.8. The Morgan fingerprint density at radius 2 is 0.648 bits per heavy atom. The fourth-order valence-corrected chi connectivity index (χ4v) is 10.5. The van der Waals surface area contributed by atoms with Crippen molar-refractivity contribution in [1.82, 2.24) is 0 Å². The number of phosphoric acid groups is 1. The number of rotatable bonds is 61. The maximum atomic E-state index is 12.8. The van der Waals surface area contributed by atoms with E-state index in [-0.39, 0.29) is 25.8 Å². The standard InChI is InChI=1S/C62H126NO7P/c1-6-8-10-12-14-16-18-20-22-24-26-28-29-30-31-32-33-34-35-36-37-39-41-43-45-47-49-51-53-55-62(64)70-61(60-69-71(65,66)68-58-56-63(3,4)5)59-67-57-54-52-50-48-46-44-42-40-38-27-25-23-21-19-17-15-13-11-9-7-2/h61H,6-60H2,1-5H3/p+1/t61-/m1/s1. The second-order valence-corrected chi connectivity index (χ2v) is 24.6. The molecule has 0 aromatic heterocycles. The zero-order valence-corrected chi connectivity index (χ0v) is 49.7. The summed E-state index contributed by atoms with van der Waals surface area (Å²) in [6.45, 7) is 5.73. The van der Waals surface area contributed by atoms with Crippen molar-refractivity contribution in [3.63, 3.8) is 0 Å². The first-order chi connectivity index (χ1) is 34.6. The Balaban J connectivity index is 3.92. The van der Waals surface area contributed by atoms with Gasteiger partial charge in [0.15, 0.2) is 0 Å². The van der Waals surface area contributed by atoms with Gasteiger partial charge in [0.25, 0.3) is 0 Å². The van der Waals surface area contributed by atoms with Gasteiger partial charge in [-0.15, -0.1) is 0 Å². The van der Waals surface area contributed by atoms with E-state index in [1.807, 2.05) is 21.1 Å². The van der Waals surface area contributed by atoms with Gasteiger partial charge in [-0.3, -0.25) is 13.8 Å². The van der Waals surface area contributed by atoms with Gasteiger partial charge in [0, 0.05) is 13.0 Å². The quantitative estimate of drug-likeness (QED) is 0.0281. The number of phosphoric ester groups is 1. The number of carbonyl (C=O) groups excluding carboxylic acids is 1. The Bertz CT molecular complexity index is 1100. The molecule has 2 atom stereocenters. The molecule has 0 rings (SSSR count). The molecule has 0 fully saturated rings. The number of likely N-dealkylation sites (N-methyl/N-ethyl adjacent to an activating group) is 1. The van der Waals surface area contributed by atoms with Crippen molar-refractivity contribution < 1.29 is 37.3 Å². The van der Waals surface area contributed by atoms with Gasteiger partial charge in [0.2, 0.25) is 0 Å². The van der Waals surface area contributed by atoms with Crippen LogP contribution in [0.25, 0.3) is 0 Å². The summed E-state index contributed by atoms with van der Waals surface area (Å²) in [5.41, 5.74) is 0. The van der Waals surface area contributed by atoms with Crippen molar-refractivity contribution in [3.8, 4) is 0 Å². The van der Waals surface area contributed by atoms with Crippen molar-refractivity contribution in [1.29, 1.82) is 0 Å². The Labute approximate surface area is 444 Å². The highest BCUT2D eigenvalue weighted by Gasteiger charge is 2.26. The minimum absolute atomic E-state index is 0.0946. The van der Waals surface area contributed by atoms with E-state index in [9.17, 15) is 14.3 Å². The summed E-state index contributed by atoms with van der Waals surface area (Å²) in [6.07, 6.45) is 66.2. The van der Waals surface area contributed by atoms with Gasteiger partial charge in [-0.05, 0) is 12.8 Å². The molecule has 8 nitrogen and oxygen atoms in total. The highest BCUT2D eigenvalue weighted by molar-refractivity contribution is 7.47. The molecule has 9 heteroatoms. The molecule has 0 aromatic carbocycles. The number of ether oxygens (including phenoxy) is 2. The molecule has 71 heavy (non-hydrogen) atoms. The molecule has 0 aliphatic heterocycles. The van der Waals surface area contributed by atoms with E-state index >= 15 is 0 Å². The molecule has 0 bridgehead atoms. The van der Waals surface area contributed by atoms with Crippen LogP contribution < -0.4 is 0 Å². The van der Waals surface area contributed by atoms with Gasteiger partial charge >= 0.3 is 13.8 Å². The zero-order chi connectivity index (χ0) is 51.9. The summed E-state index contributed by atoms with van der Waals surface area (Å²) in [6, 6.07) is 0. The normalized spacial score (nSPS) is 13.3. The van der Waals surface area contributed by atoms with E-state index in [0.29, 0.717) is 24.1 Å². The SMILES string of the molecule is CCCCCCCCCCCCCCCCCCCCCCCCCCCCCCCC(=O)O[C@H](COCCCCCCCCCCCCCCCCCCCCCC)COP(=O)(O)OCC[N+](C)(C)C. The fourth-order valence-electron chi connectivity index (χ4n) is 9.80. The Morgan fingerprint density at radius 1 is 0.380 bits per heavy atom. The number of hydrogen-bond donors (Lipinski definition) is 1. The molecule has 1 N–H and O–H groups in total. The van der Waals surface area contributed by atoms with E-state index in [1.54, 1.807) is 0 Å². The predicted molar refractivity (Wildman–Crippen MR) is 308 cm³/mol. The number of carbonyl (C=O) groups is 1. The van der Waals surface area contributed by atoms with Gasteiger partial charge in [-0.25, -0.2) is 4.57 Å². The largest absolute Gasteiger partial charge is 0.472 e. The third kappa shape index (κ3) is 60.2. The maximum Gasteiger partial charge on any atom is 0.472 e. The smallest absolute Gasteiger partial charge is 0.457 e. The van der Waals surface area contributed by atoms with Crippen LogP contribution in [0.4, 0.5) is 0 Å². The first-order valence-electron chi connectivity index (χ1n) is 31.8. The molecule has 0 aromatic rings. The topological polar surface area (TPSA) is 91.3 Å².